The first-order chi connectivity index (χ1) is 8.87. The molecule has 0 heterocycles. The molecule has 0 unspecified atom stereocenters. The molecule has 0 aromatic heterocycles. The van der Waals surface area contributed by atoms with Gasteiger partial charge in [0.1, 0.15) is 9.84 Å². The molecule has 0 aliphatic heterocycles. The third kappa shape index (κ3) is 7.64. The number of sulfone groups is 1. The Balaban J connectivity index is 2.33. The van der Waals surface area contributed by atoms with Crippen molar-refractivity contribution in [2.75, 3.05) is 18.6 Å². The van der Waals surface area contributed by atoms with Crippen LogP contribution in [0.2, 0.25) is 5.02 Å². The molecule has 19 heavy (non-hydrogen) atoms. The monoisotopic (exact) mass is 301 g/mol. The van der Waals surface area contributed by atoms with E-state index in [9.17, 15) is 13.2 Å². The molecule has 0 saturated heterocycles. The maximum atomic E-state index is 11.4. The standard InChI is InChI=1S/C13H16ClNO3S/c1-19(17,18)10-2-9-15-13(16)8-5-11-3-6-12(14)7-4-11/h3-8H,2,9-10H2,1H3,(H,15,16)/b8-5-. The first-order valence-electron chi connectivity index (χ1n) is 5.76. The van der Waals surface area contributed by atoms with Crippen molar-refractivity contribution in [3.63, 3.8) is 0 Å². The van der Waals surface area contributed by atoms with Crippen LogP contribution >= 0.6 is 11.6 Å². The first-order valence-corrected chi connectivity index (χ1v) is 8.20. The lowest BCUT2D eigenvalue weighted by atomic mass is 10.2. The van der Waals surface area contributed by atoms with Crippen LogP contribution < -0.4 is 5.32 Å². The summed E-state index contributed by atoms with van der Waals surface area (Å²) in [5.74, 6) is -0.169. The van der Waals surface area contributed by atoms with Crippen LogP contribution in [-0.4, -0.2) is 32.9 Å². The number of hydrogen-bond donors (Lipinski definition) is 1. The number of halogens is 1. The lowest BCUT2D eigenvalue weighted by Gasteiger charge is -2.01. The summed E-state index contributed by atoms with van der Waals surface area (Å²) in [6.45, 7) is 0.344. The summed E-state index contributed by atoms with van der Waals surface area (Å²) in [5.41, 5.74) is 0.871. The SMILES string of the molecule is CS(=O)(=O)CCCNC(=O)/C=C\c1ccc(Cl)cc1. The Morgan fingerprint density at radius 2 is 1.95 bits per heavy atom. The lowest BCUT2D eigenvalue weighted by Crippen LogP contribution is -2.23. The van der Waals surface area contributed by atoms with Gasteiger partial charge in [-0.2, -0.15) is 0 Å². The van der Waals surface area contributed by atoms with Gasteiger partial charge in [0.25, 0.3) is 0 Å². The third-order valence-electron chi connectivity index (χ3n) is 2.29. The van der Waals surface area contributed by atoms with Gasteiger partial charge in [0.05, 0.1) is 5.75 Å². The van der Waals surface area contributed by atoms with E-state index in [1.165, 1.54) is 12.3 Å². The van der Waals surface area contributed by atoms with Crippen LogP contribution in [0.25, 0.3) is 6.08 Å². The van der Waals surface area contributed by atoms with E-state index in [2.05, 4.69) is 5.32 Å². The molecule has 1 aromatic carbocycles. The Bertz CT molecular complexity index is 550. The molecule has 104 valence electrons. The Morgan fingerprint density at radius 1 is 1.32 bits per heavy atom. The Morgan fingerprint density at radius 3 is 2.53 bits per heavy atom. The highest BCUT2D eigenvalue weighted by molar-refractivity contribution is 7.90. The van der Waals surface area contributed by atoms with Crippen molar-refractivity contribution in [3.8, 4) is 0 Å². The second-order valence-electron chi connectivity index (χ2n) is 4.16. The molecule has 0 aliphatic carbocycles. The molecular formula is C13H16ClNO3S. The minimum Gasteiger partial charge on any atom is -0.353 e. The molecular weight excluding hydrogens is 286 g/mol. The minimum absolute atomic E-state index is 0.0776. The van der Waals surface area contributed by atoms with Crippen molar-refractivity contribution in [3.05, 3.63) is 40.9 Å². The largest absolute Gasteiger partial charge is 0.353 e. The van der Waals surface area contributed by atoms with E-state index in [-0.39, 0.29) is 11.7 Å². The van der Waals surface area contributed by atoms with Gasteiger partial charge < -0.3 is 5.32 Å². The van der Waals surface area contributed by atoms with Gasteiger partial charge in [0.15, 0.2) is 0 Å². The zero-order valence-corrected chi connectivity index (χ0v) is 12.2. The molecule has 0 aliphatic rings. The van der Waals surface area contributed by atoms with E-state index in [1.807, 2.05) is 0 Å². The van der Waals surface area contributed by atoms with E-state index in [1.54, 1.807) is 30.3 Å². The fourth-order valence-corrected chi connectivity index (χ4v) is 2.15. The average Bonchev–Trinajstić information content (AvgIpc) is 2.33. The molecule has 4 nitrogen and oxygen atoms in total. The highest BCUT2D eigenvalue weighted by Gasteiger charge is 2.01. The predicted molar refractivity (Wildman–Crippen MR) is 77.8 cm³/mol. The van der Waals surface area contributed by atoms with Gasteiger partial charge in [-0.3, -0.25) is 4.79 Å². The number of rotatable bonds is 6. The van der Waals surface area contributed by atoms with Crippen LogP contribution in [0.4, 0.5) is 0 Å². The normalized spacial score (nSPS) is 11.7. The van der Waals surface area contributed by atoms with Gasteiger partial charge in [0, 0.05) is 23.9 Å². The number of carbonyl (C=O) groups is 1. The van der Waals surface area contributed by atoms with Crippen molar-refractivity contribution in [1.29, 1.82) is 0 Å². The van der Waals surface area contributed by atoms with E-state index in [0.29, 0.717) is 18.0 Å². The summed E-state index contributed by atoms with van der Waals surface area (Å²) in [7, 11) is -2.96. The van der Waals surface area contributed by atoms with Gasteiger partial charge in [-0.05, 0) is 30.2 Å². The number of amides is 1. The average molecular weight is 302 g/mol. The highest BCUT2D eigenvalue weighted by atomic mass is 35.5. The molecule has 0 bridgehead atoms. The molecule has 0 saturated carbocycles. The second-order valence-corrected chi connectivity index (χ2v) is 6.86. The summed E-state index contributed by atoms with van der Waals surface area (Å²) in [5, 5.41) is 3.26. The van der Waals surface area contributed by atoms with Crippen molar-refractivity contribution >= 4 is 33.4 Å². The van der Waals surface area contributed by atoms with Crippen LogP contribution in [0.3, 0.4) is 0 Å². The summed E-state index contributed by atoms with van der Waals surface area (Å²) in [4.78, 5) is 11.4. The zero-order chi connectivity index (χ0) is 14.3. The molecule has 1 N–H and O–H groups in total. The smallest absolute Gasteiger partial charge is 0.243 e. The first kappa shape index (κ1) is 15.7. The van der Waals surface area contributed by atoms with E-state index >= 15 is 0 Å². The summed E-state index contributed by atoms with van der Waals surface area (Å²) >= 11 is 5.74. The number of carbonyl (C=O) groups excluding carboxylic acids is 1. The van der Waals surface area contributed by atoms with Crippen LogP contribution in [0.1, 0.15) is 12.0 Å². The van der Waals surface area contributed by atoms with E-state index in [0.717, 1.165) is 5.56 Å². The predicted octanol–water partition coefficient (Wildman–Crippen LogP) is 1.90. The number of benzene rings is 1. The molecule has 1 aromatic rings. The maximum Gasteiger partial charge on any atom is 0.243 e. The fourth-order valence-electron chi connectivity index (χ4n) is 1.35. The van der Waals surface area contributed by atoms with Gasteiger partial charge >= 0.3 is 0 Å². The summed E-state index contributed by atoms with van der Waals surface area (Å²) in [6.07, 6.45) is 4.67. The van der Waals surface area contributed by atoms with Gasteiger partial charge in [-0.1, -0.05) is 23.7 Å². The molecule has 0 spiro atoms. The Labute approximate surface area is 118 Å². The molecule has 1 rings (SSSR count). The number of nitrogens with one attached hydrogen (secondary N) is 1. The van der Waals surface area contributed by atoms with Crippen molar-refractivity contribution in [1.82, 2.24) is 5.32 Å². The van der Waals surface area contributed by atoms with E-state index in [4.69, 9.17) is 11.6 Å². The molecule has 6 heteroatoms. The van der Waals surface area contributed by atoms with Crippen LogP contribution in [0.5, 0.6) is 0 Å². The molecule has 1 amide bonds. The highest BCUT2D eigenvalue weighted by Crippen LogP contribution is 2.10. The van der Waals surface area contributed by atoms with Crippen molar-refractivity contribution < 1.29 is 13.2 Å². The quantitative estimate of drug-likeness (QED) is 0.645. The molecule has 0 atom stereocenters. The number of hydrogen-bond acceptors (Lipinski definition) is 3. The van der Waals surface area contributed by atoms with Gasteiger partial charge in [-0.25, -0.2) is 8.42 Å². The van der Waals surface area contributed by atoms with Gasteiger partial charge in [0.2, 0.25) is 5.91 Å². The van der Waals surface area contributed by atoms with Crippen LogP contribution in [0.15, 0.2) is 30.3 Å². The third-order valence-corrected chi connectivity index (χ3v) is 3.57. The van der Waals surface area contributed by atoms with Gasteiger partial charge in [-0.15, -0.1) is 0 Å². The summed E-state index contributed by atoms with van der Waals surface area (Å²) < 4.78 is 21.8. The minimum atomic E-state index is -2.96. The lowest BCUT2D eigenvalue weighted by molar-refractivity contribution is -0.116. The van der Waals surface area contributed by atoms with Crippen LogP contribution in [-0.2, 0) is 14.6 Å². The van der Waals surface area contributed by atoms with Crippen LogP contribution in [0, 0.1) is 0 Å². The zero-order valence-electron chi connectivity index (χ0n) is 10.6. The maximum absolute atomic E-state index is 11.4. The fraction of sp³-hybridized carbons (Fsp3) is 0.308. The van der Waals surface area contributed by atoms with Crippen molar-refractivity contribution in [2.45, 2.75) is 6.42 Å². The van der Waals surface area contributed by atoms with E-state index < -0.39 is 9.84 Å². The van der Waals surface area contributed by atoms with Crippen molar-refractivity contribution in [2.24, 2.45) is 0 Å². The second kappa shape index (κ2) is 7.31. The Kier molecular flexibility index (Phi) is 6.05. The topological polar surface area (TPSA) is 63.2 Å². The summed E-state index contributed by atoms with van der Waals surface area (Å²) in [6, 6.07) is 7.09. The molecule has 0 fully saturated rings. The Hall–Kier alpha value is -1.33. The molecule has 0 radical (unpaired) electrons.